The van der Waals surface area contributed by atoms with E-state index in [2.05, 4.69) is 47.4 Å². The van der Waals surface area contributed by atoms with Gasteiger partial charge in [-0.2, -0.15) is 5.10 Å². The van der Waals surface area contributed by atoms with E-state index in [9.17, 15) is 9.90 Å². The Balaban J connectivity index is 1.68. The van der Waals surface area contributed by atoms with Gasteiger partial charge in [0.2, 0.25) is 0 Å². The highest BCUT2D eigenvalue weighted by Crippen LogP contribution is 2.30. The Hall–Kier alpha value is -3.03. The molecule has 2 N–H and O–H groups in total. The van der Waals surface area contributed by atoms with Crippen LogP contribution in [0.4, 0.5) is 0 Å². The minimum Gasteiger partial charge on any atom is -0.506 e. The number of pyridine rings is 1. The Morgan fingerprint density at radius 2 is 1.73 bits per heavy atom. The number of hydrogen-bond donors (Lipinski definition) is 2. The van der Waals surface area contributed by atoms with Crippen molar-refractivity contribution in [3.05, 3.63) is 92.9 Å². The lowest BCUT2D eigenvalue weighted by Gasteiger charge is -2.09. The van der Waals surface area contributed by atoms with Crippen molar-refractivity contribution in [2.75, 3.05) is 0 Å². The van der Waals surface area contributed by atoms with Crippen molar-refractivity contribution in [1.82, 2.24) is 10.4 Å². The molecular formula is C23H15Br2N3O2. The quantitative estimate of drug-likeness (QED) is 0.258. The molecule has 0 bridgehead atoms. The number of nitrogens with zero attached hydrogens (tertiary/aromatic N) is 2. The molecule has 7 heteroatoms. The highest BCUT2D eigenvalue weighted by Gasteiger charge is 2.13. The van der Waals surface area contributed by atoms with Gasteiger partial charge in [-0.15, -0.1) is 0 Å². The number of para-hydroxylation sites is 1. The fourth-order valence-electron chi connectivity index (χ4n) is 3.03. The minimum absolute atomic E-state index is 0.0388. The van der Waals surface area contributed by atoms with Gasteiger partial charge in [-0.05, 0) is 40.2 Å². The van der Waals surface area contributed by atoms with Crippen LogP contribution in [0.15, 0.2) is 86.8 Å². The van der Waals surface area contributed by atoms with Gasteiger partial charge in [0.15, 0.2) is 0 Å². The number of hydrazone groups is 1. The number of nitrogens with one attached hydrogen (secondary N) is 1. The van der Waals surface area contributed by atoms with Crippen molar-refractivity contribution in [1.29, 1.82) is 0 Å². The molecule has 4 aromatic rings. The van der Waals surface area contributed by atoms with Crippen molar-refractivity contribution in [2.45, 2.75) is 0 Å². The first-order chi connectivity index (χ1) is 14.5. The summed E-state index contributed by atoms with van der Waals surface area (Å²) in [7, 11) is 0. The molecule has 148 valence electrons. The second-order valence-corrected chi connectivity index (χ2v) is 8.23. The molecule has 0 radical (unpaired) electrons. The Labute approximate surface area is 189 Å². The number of aromatic hydroxyl groups is 1. The van der Waals surface area contributed by atoms with E-state index >= 15 is 0 Å². The number of aromatic nitrogens is 1. The molecule has 0 spiro atoms. The van der Waals surface area contributed by atoms with Gasteiger partial charge in [-0.1, -0.05) is 64.5 Å². The molecule has 0 aliphatic rings. The van der Waals surface area contributed by atoms with Gasteiger partial charge in [0.05, 0.1) is 27.5 Å². The second kappa shape index (κ2) is 8.77. The smallest absolute Gasteiger partial charge is 0.272 e. The fourth-order valence-corrected chi connectivity index (χ4v) is 4.28. The van der Waals surface area contributed by atoms with E-state index in [4.69, 9.17) is 0 Å². The first-order valence-corrected chi connectivity index (χ1v) is 10.6. The Kier molecular flexibility index (Phi) is 5.92. The molecule has 0 saturated heterocycles. The summed E-state index contributed by atoms with van der Waals surface area (Å²) in [5.74, 6) is -0.326. The average Bonchev–Trinajstić information content (AvgIpc) is 2.76. The Bertz CT molecular complexity index is 1270. The van der Waals surface area contributed by atoms with Crippen molar-refractivity contribution in [3.8, 4) is 17.0 Å². The SMILES string of the molecule is O=C(N/N=C\c1cc(Br)cc(Br)c1O)c1cc(-c2ccccc2)nc2ccccc12. The summed E-state index contributed by atoms with van der Waals surface area (Å²) in [6.07, 6.45) is 1.39. The Morgan fingerprint density at radius 1 is 1.00 bits per heavy atom. The number of amides is 1. The maximum atomic E-state index is 12.9. The van der Waals surface area contributed by atoms with Crippen LogP contribution in [0.2, 0.25) is 0 Å². The van der Waals surface area contributed by atoms with Crippen LogP contribution in [0.25, 0.3) is 22.2 Å². The molecule has 3 aromatic carbocycles. The summed E-state index contributed by atoms with van der Waals surface area (Å²) in [6, 6.07) is 22.4. The highest BCUT2D eigenvalue weighted by molar-refractivity contribution is 9.11. The lowest BCUT2D eigenvalue weighted by molar-refractivity contribution is 0.0956. The largest absolute Gasteiger partial charge is 0.506 e. The lowest BCUT2D eigenvalue weighted by atomic mass is 10.0. The third-order valence-electron chi connectivity index (χ3n) is 4.46. The van der Waals surface area contributed by atoms with Gasteiger partial charge in [-0.3, -0.25) is 4.79 Å². The number of hydrogen-bond acceptors (Lipinski definition) is 4. The molecule has 5 nitrogen and oxygen atoms in total. The molecule has 0 aliphatic carbocycles. The summed E-state index contributed by atoms with van der Waals surface area (Å²) in [6.45, 7) is 0. The standard InChI is InChI=1S/C23H15Br2N3O2/c24-16-10-15(22(29)19(25)11-16)13-26-28-23(30)18-12-21(14-6-2-1-3-7-14)27-20-9-5-4-8-17(18)20/h1-13,29H,(H,28,30)/b26-13-. The summed E-state index contributed by atoms with van der Waals surface area (Å²) in [5.41, 5.74) is 5.82. The number of carbonyl (C=O) groups excluding carboxylic acids is 1. The number of carbonyl (C=O) groups is 1. The summed E-state index contributed by atoms with van der Waals surface area (Å²) in [5, 5.41) is 14.9. The molecule has 1 amide bonds. The van der Waals surface area contributed by atoms with E-state index in [-0.39, 0.29) is 11.7 Å². The number of phenols is 1. The van der Waals surface area contributed by atoms with Gasteiger partial charge in [0, 0.05) is 21.0 Å². The van der Waals surface area contributed by atoms with Crippen molar-refractivity contribution in [3.63, 3.8) is 0 Å². The van der Waals surface area contributed by atoms with E-state index in [1.807, 2.05) is 54.6 Å². The zero-order valence-corrected chi connectivity index (χ0v) is 18.7. The second-order valence-electron chi connectivity index (χ2n) is 6.46. The van der Waals surface area contributed by atoms with Crippen molar-refractivity contribution < 1.29 is 9.90 Å². The zero-order valence-electron chi connectivity index (χ0n) is 15.5. The van der Waals surface area contributed by atoms with Crippen LogP contribution >= 0.6 is 31.9 Å². The molecule has 1 heterocycles. The summed E-state index contributed by atoms with van der Waals surface area (Å²) in [4.78, 5) is 17.6. The third-order valence-corrected chi connectivity index (χ3v) is 5.52. The van der Waals surface area contributed by atoms with E-state index in [1.54, 1.807) is 18.2 Å². The molecule has 30 heavy (non-hydrogen) atoms. The molecule has 0 aliphatic heterocycles. The predicted octanol–water partition coefficient (Wildman–Crippen LogP) is 5.90. The number of rotatable bonds is 4. The highest BCUT2D eigenvalue weighted by atomic mass is 79.9. The number of fused-ring (bicyclic) bond motifs is 1. The molecule has 0 unspecified atom stereocenters. The normalized spacial score (nSPS) is 11.1. The van der Waals surface area contributed by atoms with Crippen molar-refractivity contribution in [2.24, 2.45) is 5.10 Å². The van der Waals surface area contributed by atoms with E-state index in [1.165, 1.54) is 6.21 Å². The molecule has 1 aromatic heterocycles. The molecule has 0 atom stereocenters. The number of phenolic OH excluding ortho intramolecular Hbond substituents is 1. The predicted molar refractivity (Wildman–Crippen MR) is 126 cm³/mol. The maximum absolute atomic E-state index is 12.9. The maximum Gasteiger partial charge on any atom is 0.272 e. The van der Waals surface area contributed by atoms with Gasteiger partial charge >= 0.3 is 0 Å². The topological polar surface area (TPSA) is 74.6 Å². The summed E-state index contributed by atoms with van der Waals surface area (Å²) >= 11 is 6.64. The van der Waals surface area contributed by atoms with Crippen LogP contribution in [-0.2, 0) is 0 Å². The average molecular weight is 525 g/mol. The van der Waals surface area contributed by atoms with Crippen molar-refractivity contribution >= 4 is 54.9 Å². The fraction of sp³-hybridized carbons (Fsp3) is 0. The minimum atomic E-state index is -0.365. The zero-order chi connectivity index (χ0) is 21.1. The monoisotopic (exact) mass is 523 g/mol. The van der Waals surface area contributed by atoms with E-state index < -0.39 is 0 Å². The van der Waals surface area contributed by atoms with Gasteiger partial charge in [0.1, 0.15) is 5.75 Å². The summed E-state index contributed by atoms with van der Waals surface area (Å²) < 4.78 is 1.30. The van der Waals surface area contributed by atoms with Crippen LogP contribution < -0.4 is 5.43 Å². The molecular weight excluding hydrogens is 510 g/mol. The third kappa shape index (κ3) is 4.27. The lowest BCUT2D eigenvalue weighted by Crippen LogP contribution is -2.18. The number of halogens is 2. The first-order valence-electron chi connectivity index (χ1n) is 8.99. The number of benzene rings is 3. The van der Waals surface area contributed by atoms with Gasteiger partial charge < -0.3 is 5.11 Å². The Morgan fingerprint density at radius 3 is 2.53 bits per heavy atom. The molecule has 4 rings (SSSR count). The van der Waals surface area contributed by atoms with Crippen LogP contribution in [-0.4, -0.2) is 22.2 Å². The van der Waals surface area contributed by atoms with Gasteiger partial charge in [0.25, 0.3) is 5.91 Å². The van der Waals surface area contributed by atoms with Gasteiger partial charge in [-0.25, -0.2) is 10.4 Å². The molecule has 0 fully saturated rings. The van der Waals surface area contributed by atoms with Crippen LogP contribution in [0.3, 0.4) is 0 Å². The van der Waals surface area contributed by atoms with E-state index in [0.29, 0.717) is 21.3 Å². The van der Waals surface area contributed by atoms with Crippen LogP contribution in [0.1, 0.15) is 15.9 Å². The molecule has 0 saturated carbocycles. The van der Waals surface area contributed by atoms with Crippen LogP contribution in [0.5, 0.6) is 5.75 Å². The first kappa shape index (κ1) is 20.3. The van der Waals surface area contributed by atoms with E-state index in [0.717, 1.165) is 20.9 Å². The van der Waals surface area contributed by atoms with Crippen LogP contribution in [0, 0.1) is 0 Å².